The zero-order chi connectivity index (χ0) is 12.4. The molecule has 0 aliphatic heterocycles. The zero-order valence-corrected chi connectivity index (χ0v) is 11.1. The molecule has 1 heterocycles. The van der Waals surface area contributed by atoms with Crippen molar-refractivity contribution in [3.8, 4) is 11.5 Å². The van der Waals surface area contributed by atoms with Gasteiger partial charge in [-0.25, -0.2) is 4.98 Å². The summed E-state index contributed by atoms with van der Waals surface area (Å²) in [6.45, 7) is 1.89. The molecule has 0 fully saturated rings. The van der Waals surface area contributed by atoms with Gasteiger partial charge in [0.1, 0.15) is 16.7 Å². The van der Waals surface area contributed by atoms with E-state index >= 15 is 0 Å². The van der Waals surface area contributed by atoms with Crippen LogP contribution in [0.1, 0.15) is 5.56 Å². The van der Waals surface area contributed by atoms with E-state index in [-0.39, 0.29) is 0 Å². The predicted molar refractivity (Wildman–Crippen MR) is 70.5 cm³/mol. The standard InChI is InChI=1S/C12H8Cl3NO/c1-7-6-16-12(15)5-11(7)17-8-2-3-9(13)10(14)4-8/h2-6H,1H3. The molecule has 0 N–H and O–H groups in total. The van der Waals surface area contributed by atoms with Crippen LogP contribution in [0.25, 0.3) is 0 Å². The normalized spacial score (nSPS) is 10.4. The number of hydrogen-bond donors (Lipinski definition) is 0. The van der Waals surface area contributed by atoms with Crippen LogP contribution in [0.4, 0.5) is 0 Å². The Morgan fingerprint density at radius 1 is 1.06 bits per heavy atom. The average Bonchev–Trinajstić information content (AvgIpc) is 2.29. The molecule has 1 aromatic carbocycles. The minimum atomic E-state index is 0.380. The Bertz CT molecular complexity index is 557. The quantitative estimate of drug-likeness (QED) is 0.714. The first kappa shape index (κ1) is 12.5. The molecule has 0 saturated carbocycles. The zero-order valence-electron chi connectivity index (χ0n) is 8.88. The summed E-state index contributed by atoms with van der Waals surface area (Å²) in [5.41, 5.74) is 0.889. The lowest BCUT2D eigenvalue weighted by Crippen LogP contribution is -1.89. The van der Waals surface area contributed by atoms with Gasteiger partial charge in [-0.15, -0.1) is 0 Å². The molecule has 0 atom stereocenters. The Morgan fingerprint density at radius 3 is 2.53 bits per heavy atom. The van der Waals surface area contributed by atoms with Gasteiger partial charge >= 0.3 is 0 Å². The minimum absolute atomic E-state index is 0.380. The van der Waals surface area contributed by atoms with Gasteiger partial charge in [-0.05, 0) is 19.1 Å². The van der Waals surface area contributed by atoms with Gasteiger partial charge in [-0.1, -0.05) is 34.8 Å². The van der Waals surface area contributed by atoms with E-state index in [1.54, 1.807) is 30.5 Å². The largest absolute Gasteiger partial charge is 0.457 e. The van der Waals surface area contributed by atoms with Crippen LogP contribution in [-0.2, 0) is 0 Å². The van der Waals surface area contributed by atoms with Crippen LogP contribution in [0.5, 0.6) is 11.5 Å². The number of ether oxygens (including phenoxy) is 1. The maximum Gasteiger partial charge on any atom is 0.134 e. The summed E-state index contributed by atoms with van der Waals surface area (Å²) in [6, 6.07) is 6.72. The molecule has 0 radical (unpaired) electrons. The van der Waals surface area contributed by atoms with Gasteiger partial charge in [0.05, 0.1) is 10.0 Å². The van der Waals surface area contributed by atoms with E-state index in [0.29, 0.717) is 26.7 Å². The highest BCUT2D eigenvalue weighted by molar-refractivity contribution is 6.42. The highest BCUT2D eigenvalue weighted by Crippen LogP contribution is 2.31. The lowest BCUT2D eigenvalue weighted by atomic mass is 10.3. The van der Waals surface area contributed by atoms with E-state index in [2.05, 4.69) is 4.98 Å². The van der Waals surface area contributed by atoms with Crippen LogP contribution in [0.3, 0.4) is 0 Å². The third-order valence-electron chi connectivity index (χ3n) is 2.14. The van der Waals surface area contributed by atoms with Crippen molar-refractivity contribution in [2.45, 2.75) is 6.92 Å². The second kappa shape index (κ2) is 5.13. The van der Waals surface area contributed by atoms with Crippen LogP contribution in [0.15, 0.2) is 30.5 Å². The van der Waals surface area contributed by atoms with Crippen LogP contribution in [0.2, 0.25) is 15.2 Å². The number of hydrogen-bond acceptors (Lipinski definition) is 2. The molecule has 17 heavy (non-hydrogen) atoms. The van der Waals surface area contributed by atoms with Crippen molar-refractivity contribution in [3.63, 3.8) is 0 Å². The number of nitrogens with zero attached hydrogens (tertiary/aromatic N) is 1. The first-order chi connectivity index (χ1) is 8.06. The molecule has 5 heteroatoms. The van der Waals surface area contributed by atoms with Crippen molar-refractivity contribution in [2.24, 2.45) is 0 Å². The summed E-state index contributed by atoms with van der Waals surface area (Å²) in [5.74, 6) is 1.24. The Balaban J connectivity index is 2.31. The molecule has 2 rings (SSSR count). The van der Waals surface area contributed by atoms with Crippen molar-refractivity contribution < 1.29 is 4.74 Å². The van der Waals surface area contributed by atoms with Gasteiger partial charge in [-0.3, -0.25) is 0 Å². The highest BCUT2D eigenvalue weighted by atomic mass is 35.5. The van der Waals surface area contributed by atoms with Crippen molar-refractivity contribution in [1.29, 1.82) is 0 Å². The fourth-order valence-corrected chi connectivity index (χ4v) is 1.69. The Morgan fingerprint density at radius 2 is 1.82 bits per heavy atom. The summed E-state index contributed by atoms with van der Waals surface area (Å²) in [6.07, 6.45) is 1.65. The molecular formula is C12H8Cl3NO. The second-order valence-corrected chi connectivity index (χ2v) is 4.65. The summed E-state index contributed by atoms with van der Waals surface area (Å²) < 4.78 is 5.66. The topological polar surface area (TPSA) is 22.1 Å². The fourth-order valence-electron chi connectivity index (χ4n) is 1.26. The van der Waals surface area contributed by atoms with Crippen molar-refractivity contribution in [2.75, 3.05) is 0 Å². The molecule has 2 aromatic rings. The van der Waals surface area contributed by atoms with E-state index in [1.165, 1.54) is 0 Å². The van der Waals surface area contributed by atoms with Gasteiger partial charge in [0, 0.05) is 23.9 Å². The first-order valence-corrected chi connectivity index (χ1v) is 5.94. The molecule has 2 nitrogen and oxygen atoms in total. The van der Waals surface area contributed by atoms with E-state index in [4.69, 9.17) is 39.5 Å². The molecule has 0 aliphatic rings. The SMILES string of the molecule is Cc1cnc(Cl)cc1Oc1ccc(Cl)c(Cl)c1. The van der Waals surface area contributed by atoms with Crippen molar-refractivity contribution in [1.82, 2.24) is 4.98 Å². The number of aromatic nitrogens is 1. The van der Waals surface area contributed by atoms with Crippen LogP contribution < -0.4 is 4.74 Å². The third-order valence-corrected chi connectivity index (χ3v) is 3.08. The first-order valence-electron chi connectivity index (χ1n) is 4.81. The Labute approximate surface area is 114 Å². The Kier molecular flexibility index (Phi) is 3.77. The van der Waals surface area contributed by atoms with Crippen LogP contribution in [-0.4, -0.2) is 4.98 Å². The smallest absolute Gasteiger partial charge is 0.134 e. The molecule has 0 unspecified atom stereocenters. The third kappa shape index (κ3) is 3.03. The monoisotopic (exact) mass is 287 g/mol. The molecule has 0 amide bonds. The minimum Gasteiger partial charge on any atom is -0.457 e. The predicted octanol–water partition coefficient (Wildman–Crippen LogP) is 5.14. The molecule has 1 aromatic heterocycles. The van der Waals surface area contributed by atoms with E-state index in [0.717, 1.165) is 5.56 Å². The van der Waals surface area contributed by atoms with Crippen LogP contribution in [0, 0.1) is 6.92 Å². The highest BCUT2D eigenvalue weighted by Gasteiger charge is 2.05. The van der Waals surface area contributed by atoms with Crippen LogP contribution >= 0.6 is 34.8 Å². The molecular weight excluding hydrogens is 280 g/mol. The lowest BCUT2D eigenvalue weighted by Gasteiger charge is -2.09. The number of halogens is 3. The van der Waals surface area contributed by atoms with Gasteiger partial charge in [0.25, 0.3) is 0 Å². The van der Waals surface area contributed by atoms with Gasteiger partial charge in [0.2, 0.25) is 0 Å². The van der Waals surface area contributed by atoms with Gasteiger partial charge in [-0.2, -0.15) is 0 Å². The molecule has 0 spiro atoms. The number of pyridine rings is 1. The number of benzene rings is 1. The molecule has 0 aliphatic carbocycles. The summed E-state index contributed by atoms with van der Waals surface area (Å²) in [4.78, 5) is 3.95. The average molecular weight is 289 g/mol. The van der Waals surface area contributed by atoms with Gasteiger partial charge in [0.15, 0.2) is 0 Å². The second-order valence-electron chi connectivity index (χ2n) is 3.45. The molecule has 88 valence electrons. The lowest BCUT2D eigenvalue weighted by molar-refractivity contribution is 0.478. The van der Waals surface area contributed by atoms with Crippen molar-refractivity contribution >= 4 is 34.8 Å². The molecule has 0 bridgehead atoms. The Hall–Kier alpha value is -0.960. The summed E-state index contributed by atoms with van der Waals surface area (Å²) >= 11 is 17.5. The molecule has 0 saturated heterocycles. The maximum absolute atomic E-state index is 5.90. The summed E-state index contributed by atoms with van der Waals surface area (Å²) in [5, 5.41) is 1.32. The van der Waals surface area contributed by atoms with Gasteiger partial charge < -0.3 is 4.74 Å². The number of aryl methyl sites for hydroxylation is 1. The van der Waals surface area contributed by atoms with E-state index in [1.807, 2.05) is 6.92 Å². The number of rotatable bonds is 2. The summed E-state index contributed by atoms with van der Waals surface area (Å²) in [7, 11) is 0. The van der Waals surface area contributed by atoms with E-state index < -0.39 is 0 Å². The maximum atomic E-state index is 5.90. The van der Waals surface area contributed by atoms with E-state index in [9.17, 15) is 0 Å². The van der Waals surface area contributed by atoms with Crippen molar-refractivity contribution in [3.05, 3.63) is 51.2 Å². The fraction of sp³-hybridized carbons (Fsp3) is 0.0833.